The standard InChI is InChI=1S/C27H29N3O4S/c1-4-34-26-13-21-17(11-25(26)33-3)9-10-30(27(31)23-15-35-16-29-23)24(21)8-5-18-14-28-22-7-6-19(32-2)12-20(18)22/h6-7,11-16,24,28H,4-5,8-10H2,1-3H3/t24-/m0/s1. The van der Waals surface area contributed by atoms with Crippen LogP contribution in [0.4, 0.5) is 0 Å². The van der Waals surface area contributed by atoms with Crippen LogP contribution in [-0.4, -0.2) is 48.1 Å². The SMILES string of the molecule is CCOc1cc2c(cc1OC)CCN(C(=O)c1cscn1)[C@H]2CCc1c[nH]c2ccc(OC)cc12. The molecule has 2 aromatic carbocycles. The normalized spacial score (nSPS) is 15.2. The van der Waals surface area contributed by atoms with Crippen LogP contribution in [0.5, 0.6) is 17.2 Å². The number of fused-ring (bicyclic) bond motifs is 2. The van der Waals surface area contributed by atoms with Crippen LogP contribution in [0.3, 0.4) is 0 Å². The number of ether oxygens (including phenoxy) is 3. The second-order valence-electron chi connectivity index (χ2n) is 8.54. The maximum Gasteiger partial charge on any atom is 0.273 e. The summed E-state index contributed by atoms with van der Waals surface area (Å²) < 4.78 is 16.9. The zero-order chi connectivity index (χ0) is 24.4. The maximum atomic E-state index is 13.5. The van der Waals surface area contributed by atoms with Gasteiger partial charge in [0.25, 0.3) is 5.91 Å². The van der Waals surface area contributed by atoms with E-state index in [1.54, 1.807) is 19.7 Å². The molecule has 0 bridgehead atoms. The summed E-state index contributed by atoms with van der Waals surface area (Å²) in [5.41, 5.74) is 6.78. The predicted octanol–water partition coefficient (Wildman–Crippen LogP) is 5.41. The number of aromatic nitrogens is 2. The number of amides is 1. The maximum absolute atomic E-state index is 13.5. The van der Waals surface area contributed by atoms with Crippen molar-refractivity contribution >= 4 is 28.1 Å². The molecule has 0 saturated heterocycles. The Balaban J connectivity index is 1.52. The quantitative estimate of drug-likeness (QED) is 0.357. The molecular weight excluding hydrogens is 462 g/mol. The van der Waals surface area contributed by atoms with Crippen molar-refractivity contribution in [3.05, 3.63) is 69.8 Å². The Morgan fingerprint density at radius 3 is 2.83 bits per heavy atom. The van der Waals surface area contributed by atoms with Crippen LogP contribution in [0.2, 0.25) is 0 Å². The Kier molecular flexibility index (Phi) is 6.63. The van der Waals surface area contributed by atoms with Crippen molar-refractivity contribution in [3.8, 4) is 17.2 Å². The van der Waals surface area contributed by atoms with Gasteiger partial charge in [0.15, 0.2) is 11.5 Å². The highest BCUT2D eigenvalue weighted by Crippen LogP contribution is 2.41. The largest absolute Gasteiger partial charge is 0.497 e. The summed E-state index contributed by atoms with van der Waals surface area (Å²) in [6, 6.07) is 10.1. The number of thiazole rings is 1. The molecule has 5 rings (SSSR count). The fourth-order valence-electron chi connectivity index (χ4n) is 4.94. The second-order valence-corrected chi connectivity index (χ2v) is 9.26. The predicted molar refractivity (Wildman–Crippen MR) is 137 cm³/mol. The summed E-state index contributed by atoms with van der Waals surface area (Å²) in [6.07, 6.45) is 4.38. The van der Waals surface area contributed by atoms with E-state index in [0.29, 0.717) is 24.6 Å². The minimum absolute atomic E-state index is 0.0312. The lowest BCUT2D eigenvalue weighted by atomic mass is 9.88. The molecule has 4 aromatic rings. The van der Waals surface area contributed by atoms with Crippen LogP contribution < -0.4 is 14.2 Å². The molecule has 0 saturated carbocycles. The van der Waals surface area contributed by atoms with Gasteiger partial charge in [0.05, 0.1) is 32.4 Å². The van der Waals surface area contributed by atoms with Gasteiger partial charge >= 0.3 is 0 Å². The summed E-state index contributed by atoms with van der Waals surface area (Å²) in [6.45, 7) is 3.13. The summed E-state index contributed by atoms with van der Waals surface area (Å²) in [7, 11) is 3.34. The molecule has 0 fully saturated rings. The topological polar surface area (TPSA) is 76.7 Å². The van der Waals surface area contributed by atoms with E-state index in [9.17, 15) is 4.79 Å². The summed E-state index contributed by atoms with van der Waals surface area (Å²) in [4.78, 5) is 23.1. The van der Waals surface area contributed by atoms with Crippen molar-refractivity contribution in [2.24, 2.45) is 0 Å². The first kappa shape index (κ1) is 23.2. The van der Waals surface area contributed by atoms with Crippen molar-refractivity contribution in [3.63, 3.8) is 0 Å². The van der Waals surface area contributed by atoms with Crippen molar-refractivity contribution in [1.82, 2.24) is 14.9 Å². The van der Waals surface area contributed by atoms with Crippen molar-refractivity contribution in [2.45, 2.75) is 32.2 Å². The minimum Gasteiger partial charge on any atom is -0.497 e. The number of rotatable bonds is 8. The Morgan fingerprint density at radius 2 is 2.09 bits per heavy atom. The van der Waals surface area contributed by atoms with E-state index in [1.165, 1.54) is 22.5 Å². The lowest BCUT2D eigenvalue weighted by Crippen LogP contribution is -2.40. The first-order chi connectivity index (χ1) is 17.1. The van der Waals surface area contributed by atoms with E-state index in [0.717, 1.165) is 47.2 Å². The summed E-state index contributed by atoms with van der Waals surface area (Å²) in [5.74, 6) is 2.23. The van der Waals surface area contributed by atoms with E-state index in [-0.39, 0.29) is 11.9 Å². The minimum atomic E-state index is -0.103. The smallest absolute Gasteiger partial charge is 0.273 e. The summed E-state index contributed by atoms with van der Waals surface area (Å²) in [5, 5.41) is 2.96. The third kappa shape index (κ3) is 4.46. The van der Waals surface area contributed by atoms with Crippen molar-refractivity contribution < 1.29 is 19.0 Å². The average molecular weight is 492 g/mol. The fraction of sp³-hybridized carbons (Fsp3) is 0.333. The highest BCUT2D eigenvalue weighted by atomic mass is 32.1. The first-order valence-corrected chi connectivity index (χ1v) is 12.7. The molecule has 1 atom stereocenters. The van der Waals surface area contributed by atoms with Crippen LogP contribution in [0.25, 0.3) is 10.9 Å². The number of carbonyl (C=O) groups excluding carboxylic acids is 1. The molecule has 0 spiro atoms. The number of methoxy groups -OCH3 is 2. The Labute approximate surface area is 208 Å². The van der Waals surface area contributed by atoms with E-state index < -0.39 is 0 Å². The molecule has 182 valence electrons. The third-order valence-corrected chi connectivity index (χ3v) is 7.24. The number of nitrogens with one attached hydrogen (secondary N) is 1. The molecule has 7 nitrogen and oxygen atoms in total. The van der Waals surface area contributed by atoms with Gasteiger partial charge in [0.2, 0.25) is 0 Å². The number of nitrogens with zero attached hydrogens (tertiary/aromatic N) is 2. The van der Waals surface area contributed by atoms with Gasteiger partial charge in [-0.3, -0.25) is 4.79 Å². The zero-order valence-electron chi connectivity index (χ0n) is 20.2. The van der Waals surface area contributed by atoms with Crippen LogP contribution in [0, 0.1) is 0 Å². The lowest BCUT2D eigenvalue weighted by Gasteiger charge is -2.37. The van der Waals surface area contributed by atoms with E-state index in [1.807, 2.05) is 29.3 Å². The Bertz CT molecular complexity index is 1330. The van der Waals surface area contributed by atoms with E-state index in [4.69, 9.17) is 14.2 Å². The number of carbonyl (C=O) groups is 1. The molecule has 35 heavy (non-hydrogen) atoms. The fourth-order valence-corrected chi connectivity index (χ4v) is 5.47. The van der Waals surface area contributed by atoms with Gasteiger partial charge in [-0.2, -0.15) is 0 Å². The van der Waals surface area contributed by atoms with Crippen molar-refractivity contribution in [2.75, 3.05) is 27.4 Å². The van der Waals surface area contributed by atoms with E-state index >= 15 is 0 Å². The Hall–Kier alpha value is -3.52. The molecule has 2 aromatic heterocycles. The number of aromatic amines is 1. The van der Waals surface area contributed by atoms with Gasteiger partial charge in [0.1, 0.15) is 11.4 Å². The highest BCUT2D eigenvalue weighted by Gasteiger charge is 2.33. The number of hydrogen-bond acceptors (Lipinski definition) is 6. The number of benzene rings is 2. The molecule has 0 aliphatic carbocycles. The molecule has 3 heterocycles. The Morgan fingerprint density at radius 1 is 1.20 bits per heavy atom. The van der Waals surface area contributed by atoms with Crippen LogP contribution in [-0.2, 0) is 12.8 Å². The third-order valence-electron chi connectivity index (χ3n) is 6.66. The van der Waals surface area contributed by atoms with Crippen LogP contribution in [0.15, 0.2) is 47.4 Å². The van der Waals surface area contributed by atoms with Crippen molar-refractivity contribution in [1.29, 1.82) is 0 Å². The zero-order valence-corrected chi connectivity index (χ0v) is 21.0. The van der Waals surface area contributed by atoms with Crippen LogP contribution in [0.1, 0.15) is 46.6 Å². The molecule has 1 N–H and O–H groups in total. The van der Waals surface area contributed by atoms with Gasteiger partial charge in [0, 0.05) is 29.0 Å². The van der Waals surface area contributed by atoms with Gasteiger partial charge in [-0.25, -0.2) is 4.98 Å². The van der Waals surface area contributed by atoms with Gasteiger partial charge < -0.3 is 24.1 Å². The number of H-pyrrole nitrogens is 1. The van der Waals surface area contributed by atoms with Gasteiger partial charge in [-0.15, -0.1) is 11.3 Å². The molecule has 8 heteroatoms. The summed E-state index contributed by atoms with van der Waals surface area (Å²) >= 11 is 1.44. The molecule has 1 amide bonds. The molecular formula is C27H29N3O4S. The first-order valence-electron chi connectivity index (χ1n) is 11.8. The molecule has 1 aliphatic rings. The van der Waals surface area contributed by atoms with Gasteiger partial charge in [-0.05, 0) is 73.2 Å². The lowest BCUT2D eigenvalue weighted by molar-refractivity contribution is 0.0645. The van der Waals surface area contributed by atoms with Gasteiger partial charge in [-0.1, -0.05) is 0 Å². The monoisotopic (exact) mass is 491 g/mol. The second kappa shape index (κ2) is 10.00. The molecule has 0 radical (unpaired) electrons. The number of aryl methyl sites for hydroxylation is 1. The average Bonchev–Trinajstić information content (AvgIpc) is 3.56. The molecule has 1 aliphatic heterocycles. The highest BCUT2D eigenvalue weighted by molar-refractivity contribution is 7.07. The van der Waals surface area contributed by atoms with Crippen LogP contribution >= 0.6 is 11.3 Å². The van der Waals surface area contributed by atoms with E-state index in [2.05, 4.69) is 34.4 Å². The molecule has 0 unspecified atom stereocenters. The number of hydrogen-bond donors (Lipinski definition) is 1.